The quantitative estimate of drug-likeness (QED) is 0.305. The lowest BCUT2D eigenvalue weighted by atomic mass is 9.95. The first-order valence-electron chi connectivity index (χ1n) is 11.9. The van der Waals surface area contributed by atoms with Crippen LogP contribution in [0.3, 0.4) is 0 Å². The molecule has 1 aromatic heterocycles. The summed E-state index contributed by atoms with van der Waals surface area (Å²) in [7, 11) is 0. The topological polar surface area (TPSA) is 88.3 Å². The van der Waals surface area contributed by atoms with Crippen molar-refractivity contribution < 1.29 is 14.1 Å². The molecular weight excluding hydrogens is 520 g/mol. The van der Waals surface area contributed by atoms with Gasteiger partial charge in [-0.25, -0.2) is 0 Å². The molecule has 0 bridgehead atoms. The Labute approximate surface area is 217 Å². The van der Waals surface area contributed by atoms with Gasteiger partial charge in [0.15, 0.2) is 5.78 Å². The highest BCUT2D eigenvalue weighted by Crippen LogP contribution is 2.25. The van der Waals surface area contributed by atoms with Gasteiger partial charge in [-0.2, -0.15) is 4.98 Å². The Hall–Kier alpha value is -3.62. The average molecular weight is 545 g/mol. The van der Waals surface area contributed by atoms with Crippen molar-refractivity contribution in [3.05, 3.63) is 100 Å². The maximum atomic E-state index is 13.0. The summed E-state index contributed by atoms with van der Waals surface area (Å²) >= 11 is 3.46. The molecule has 1 aliphatic heterocycles. The van der Waals surface area contributed by atoms with Crippen LogP contribution in [0.1, 0.15) is 34.7 Å². The minimum atomic E-state index is -0.124. The van der Waals surface area contributed by atoms with E-state index in [-0.39, 0.29) is 17.6 Å². The maximum Gasteiger partial charge on any atom is 0.241 e. The average Bonchev–Trinajstić information content (AvgIpc) is 3.38. The summed E-state index contributed by atoms with van der Waals surface area (Å²) in [5.74, 6) is 0.826. The van der Waals surface area contributed by atoms with Crippen LogP contribution in [0.25, 0.3) is 11.4 Å². The molecule has 1 amide bonds. The Kier molecular flexibility index (Phi) is 7.34. The summed E-state index contributed by atoms with van der Waals surface area (Å²) in [5, 5.41) is 7.10. The molecular formula is C28H25BrN4O3. The number of carbonyl (C=O) groups is 2. The first kappa shape index (κ1) is 24.1. The van der Waals surface area contributed by atoms with Gasteiger partial charge in [-0.05, 0) is 50.2 Å². The minimum absolute atomic E-state index is 0.0577. The number of hydrogen-bond acceptors (Lipinski definition) is 6. The predicted molar refractivity (Wildman–Crippen MR) is 140 cm³/mol. The molecule has 4 aromatic rings. The molecule has 1 N–H and O–H groups in total. The van der Waals surface area contributed by atoms with E-state index in [1.807, 2.05) is 54.6 Å². The fraction of sp³-hybridized carbons (Fsp3) is 0.214. The standard InChI is InChI=1S/C28H25BrN4O3/c29-22-10-6-9-21(17-22)27-31-25(36-32-27)18-33-15-13-20(14-16-33)28(35)30-24-12-5-4-11-23(24)26(34)19-7-2-1-3-8-19/h1-12,17,20H,13-16,18H2,(H,30,35). The van der Waals surface area contributed by atoms with Crippen LogP contribution in [-0.4, -0.2) is 39.8 Å². The third-order valence-electron chi connectivity index (χ3n) is 6.33. The van der Waals surface area contributed by atoms with Crippen LogP contribution in [0, 0.1) is 5.92 Å². The second kappa shape index (κ2) is 11.0. The van der Waals surface area contributed by atoms with Crippen LogP contribution < -0.4 is 5.32 Å². The molecule has 0 aliphatic carbocycles. The van der Waals surface area contributed by atoms with Crippen molar-refractivity contribution in [1.29, 1.82) is 0 Å². The van der Waals surface area contributed by atoms with Crippen LogP contribution in [-0.2, 0) is 11.3 Å². The number of halogens is 1. The van der Waals surface area contributed by atoms with Gasteiger partial charge in [0.25, 0.3) is 0 Å². The van der Waals surface area contributed by atoms with E-state index < -0.39 is 0 Å². The summed E-state index contributed by atoms with van der Waals surface area (Å²) in [6.07, 6.45) is 1.43. The molecule has 5 rings (SSSR count). The second-order valence-electron chi connectivity index (χ2n) is 8.80. The molecule has 0 unspecified atom stereocenters. The molecule has 1 saturated heterocycles. The maximum absolute atomic E-state index is 13.0. The number of aromatic nitrogens is 2. The molecule has 0 radical (unpaired) electrons. The van der Waals surface area contributed by atoms with Gasteiger partial charge in [-0.15, -0.1) is 0 Å². The number of piperidine rings is 1. The van der Waals surface area contributed by atoms with E-state index in [4.69, 9.17) is 4.52 Å². The van der Waals surface area contributed by atoms with Crippen molar-refractivity contribution in [1.82, 2.24) is 15.0 Å². The van der Waals surface area contributed by atoms with Gasteiger partial charge >= 0.3 is 0 Å². The van der Waals surface area contributed by atoms with Gasteiger partial charge in [0.2, 0.25) is 17.6 Å². The molecule has 0 atom stereocenters. The van der Waals surface area contributed by atoms with Crippen molar-refractivity contribution in [2.24, 2.45) is 5.92 Å². The third kappa shape index (κ3) is 5.61. The van der Waals surface area contributed by atoms with Crippen molar-refractivity contribution in [2.75, 3.05) is 18.4 Å². The van der Waals surface area contributed by atoms with Crippen molar-refractivity contribution in [3.63, 3.8) is 0 Å². The summed E-state index contributed by atoms with van der Waals surface area (Å²) in [4.78, 5) is 32.8. The van der Waals surface area contributed by atoms with Crippen LogP contribution in [0.2, 0.25) is 0 Å². The Morgan fingerprint density at radius 1 is 0.972 bits per heavy atom. The summed E-state index contributed by atoms with van der Waals surface area (Å²) in [6, 6.07) is 24.0. The number of ketones is 1. The van der Waals surface area contributed by atoms with Crippen LogP contribution in [0.4, 0.5) is 5.69 Å². The number of para-hydroxylation sites is 1. The smallest absolute Gasteiger partial charge is 0.241 e. The van der Waals surface area contributed by atoms with E-state index >= 15 is 0 Å². The van der Waals surface area contributed by atoms with Crippen LogP contribution >= 0.6 is 15.9 Å². The number of likely N-dealkylation sites (tertiary alicyclic amines) is 1. The Morgan fingerprint density at radius 3 is 2.50 bits per heavy atom. The number of nitrogens with zero attached hydrogens (tertiary/aromatic N) is 3. The fourth-order valence-corrected chi connectivity index (χ4v) is 4.78. The van der Waals surface area contributed by atoms with E-state index in [1.54, 1.807) is 24.3 Å². The van der Waals surface area contributed by atoms with Gasteiger partial charge in [0, 0.05) is 27.1 Å². The highest BCUT2D eigenvalue weighted by Gasteiger charge is 2.27. The van der Waals surface area contributed by atoms with E-state index in [1.165, 1.54) is 0 Å². The van der Waals surface area contributed by atoms with Crippen LogP contribution in [0.5, 0.6) is 0 Å². The summed E-state index contributed by atoms with van der Waals surface area (Å²) in [6.45, 7) is 2.04. The largest absolute Gasteiger partial charge is 0.338 e. The van der Waals surface area contributed by atoms with Gasteiger partial charge in [0.1, 0.15) is 0 Å². The number of rotatable bonds is 7. The number of nitrogens with one attached hydrogen (secondary N) is 1. The summed E-state index contributed by atoms with van der Waals surface area (Å²) in [5.41, 5.74) is 2.52. The summed E-state index contributed by atoms with van der Waals surface area (Å²) < 4.78 is 6.41. The van der Waals surface area contributed by atoms with E-state index in [0.717, 1.165) is 23.1 Å². The molecule has 7 nitrogen and oxygen atoms in total. The number of hydrogen-bond donors (Lipinski definition) is 1. The highest BCUT2D eigenvalue weighted by molar-refractivity contribution is 9.10. The number of carbonyl (C=O) groups excluding carboxylic acids is 2. The van der Waals surface area contributed by atoms with Crippen molar-refractivity contribution in [2.45, 2.75) is 19.4 Å². The first-order chi connectivity index (χ1) is 17.6. The lowest BCUT2D eigenvalue weighted by molar-refractivity contribution is -0.121. The molecule has 0 spiro atoms. The normalized spacial score (nSPS) is 14.5. The fourth-order valence-electron chi connectivity index (χ4n) is 4.38. The minimum Gasteiger partial charge on any atom is -0.338 e. The lowest BCUT2D eigenvalue weighted by Gasteiger charge is -2.30. The second-order valence-corrected chi connectivity index (χ2v) is 9.72. The van der Waals surface area contributed by atoms with Crippen LogP contribution in [0.15, 0.2) is 87.9 Å². The van der Waals surface area contributed by atoms with E-state index in [2.05, 4.69) is 36.3 Å². The molecule has 1 fully saturated rings. The van der Waals surface area contributed by atoms with Gasteiger partial charge in [-0.3, -0.25) is 14.5 Å². The predicted octanol–water partition coefficient (Wildman–Crippen LogP) is 5.58. The first-order valence-corrected chi connectivity index (χ1v) is 12.7. The zero-order valence-corrected chi connectivity index (χ0v) is 21.1. The zero-order valence-electron chi connectivity index (χ0n) is 19.6. The molecule has 0 saturated carbocycles. The highest BCUT2D eigenvalue weighted by atomic mass is 79.9. The van der Waals surface area contributed by atoms with E-state index in [9.17, 15) is 9.59 Å². The Morgan fingerprint density at radius 2 is 1.72 bits per heavy atom. The van der Waals surface area contributed by atoms with Gasteiger partial charge in [-0.1, -0.05) is 75.7 Å². The molecule has 182 valence electrons. The SMILES string of the molecule is O=C(c1ccccc1)c1ccccc1NC(=O)C1CCN(Cc2nc(-c3cccc(Br)c3)no2)CC1. The third-order valence-corrected chi connectivity index (χ3v) is 6.83. The Balaban J connectivity index is 1.17. The molecule has 3 aromatic carbocycles. The van der Waals surface area contributed by atoms with Crippen molar-refractivity contribution in [3.8, 4) is 11.4 Å². The molecule has 2 heterocycles. The van der Waals surface area contributed by atoms with E-state index in [0.29, 0.717) is 47.9 Å². The molecule has 36 heavy (non-hydrogen) atoms. The number of benzene rings is 3. The Bertz CT molecular complexity index is 1360. The zero-order chi connectivity index (χ0) is 24.9. The lowest BCUT2D eigenvalue weighted by Crippen LogP contribution is -2.38. The number of anilines is 1. The molecule has 8 heteroatoms. The molecule has 1 aliphatic rings. The van der Waals surface area contributed by atoms with Gasteiger partial charge in [0.05, 0.1) is 12.2 Å². The number of amides is 1. The monoisotopic (exact) mass is 544 g/mol. The van der Waals surface area contributed by atoms with Gasteiger partial charge < -0.3 is 9.84 Å². The van der Waals surface area contributed by atoms with Crippen molar-refractivity contribution >= 4 is 33.3 Å².